The number of rotatable bonds is 4. The van der Waals surface area contributed by atoms with Gasteiger partial charge in [0.1, 0.15) is 30.5 Å². The Hall–Kier alpha value is -0.440. The Labute approximate surface area is 186 Å². The van der Waals surface area contributed by atoms with Gasteiger partial charge in [-0.25, -0.2) is 0 Å². The van der Waals surface area contributed by atoms with Crippen molar-refractivity contribution in [1.29, 1.82) is 0 Å². The van der Waals surface area contributed by atoms with E-state index < -0.39 is 73.9 Å². The van der Waals surface area contributed by atoms with Crippen LogP contribution >= 0.6 is 0 Å². The lowest BCUT2D eigenvalue weighted by Gasteiger charge is -2.48. The van der Waals surface area contributed by atoms with Crippen LogP contribution in [0.1, 0.15) is 38.5 Å². The summed E-state index contributed by atoms with van der Waals surface area (Å²) in [4.78, 5) is 0. The molecule has 32 heavy (non-hydrogen) atoms. The zero-order valence-corrected chi connectivity index (χ0v) is 17.9. The van der Waals surface area contributed by atoms with Gasteiger partial charge in [-0.1, -0.05) is 0 Å². The second-order valence-corrected chi connectivity index (χ2v) is 9.88. The van der Waals surface area contributed by atoms with Crippen molar-refractivity contribution in [2.45, 2.75) is 112 Å². The van der Waals surface area contributed by atoms with Crippen LogP contribution in [0.2, 0.25) is 0 Å². The molecule has 4 rings (SSSR count). The topological polar surface area (TPSA) is 193 Å². The van der Waals surface area contributed by atoms with Crippen LogP contribution in [0.3, 0.4) is 0 Å². The quantitative estimate of drug-likeness (QED) is 0.193. The number of hydrogen-bond acceptors (Lipinski definition) is 10. The summed E-state index contributed by atoms with van der Waals surface area (Å²) in [5.74, 6) is -0.385. The summed E-state index contributed by atoms with van der Waals surface area (Å²) < 4.78 is 16.5. The van der Waals surface area contributed by atoms with E-state index in [2.05, 4.69) is 0 Å². The van der Waals surface area contributed by atoms with Crippen molar-refractivity contribution in [3.05, 3.63) is 0 Å². The number of aliphatic hydroxyl groups excluding tert-OH is 8. The standard InChI is InChI=1S/C21H36O11/c22-7-16-17(27)18(28)19(29)21(32-16)31-15-6-10-12(25)4-9(23)5-14(10)30-20(15)8-1-2-11(24)13(26)3-8/h8-29H,1-7H2/p+1/t8?,9?,10?,11?,12?,13?,14?,15?,16-,17+,18+,19-,20?,21-/m0/s1. The first kappa shape index (κ1) is 24.7. The summed E-state index contributed by atoms with van der Waals surface area (Å²) in [5, 5.41) is 80.8. The molecule has 14 atom stereocenters. The summed E-state index contributed by atoms with van der Waals surface area (Å²) in [6.07, 6.45) is -9.17. The minimum absolute atomic E-state index is 0.125. The van der Waals surface area contributed by atoms with Crippen molar-refractivity contribution in [2.75, 3.05) is 6.61 Å². The van der Waals surface area contributed by atoms with Gasteiger partial charge >= 0.3 is 0 Å². The number of ether oxygens (including phenoxy) is 3. The van der Waals surface area contributed by atoms with Crippen molar-refractivity contribution in [1.82, 2.24) is 0 Å². The van der Waals surface area contributed by atoms with Gasteiger partial charge < -0.3 is 55.1 Å². The summed E-state index contributed by atoms with van der Waals surface area (Å²) in [6.45, 7) is -0.572. The molecule has 0 aromatic rings. The highest BCUT2D eigenvalue weighted by molar-refractivity contribution is 4.98. The Bertz CT molecular complexity index is 621. The highest BCUT2D eigenvalue weighted by Gasteiger charge is 2.54. The van der Waals surface area contributed by atoms with Gasteiger partial charge in [-0.15, -0.1) is 0 Å². The molecule has 11 nitrogen and oxygen atoms in total. The maximum absolute atomic E-state index is 10.5. The van der Waals surface area contributed by atoms with E-state index in [9.17, 15) is 40.9 Å². The highest BCUT2D eigenvalue weighted by Crippen LogP contribution is 2.42. The fourth-order valence-electron chi connectivity index (χ4n) is 5.86. The molecule has 9 N–H and O–H groups in total. The first-order valence-corrected chi connectivity index (χ1v) is 11.6. The monoisotopic (exact) mass is 465 g/mol. The third kappa shape index (κ3) is 4.84. The summed E-state index contributed by atoms with van der Waals surface area (Å²) in [5.41, 5.74) is 0. The van der Waals surface area contributed by atoms with Gasteiger partial charge in [0, 0.05) is 18.8 Å². The summed E-state index contributed by atoms with van der Waals surface area (Å²) in [6, 6.07) is 0. The first-order valence-electron chi connectivity index (χ1n) is 11.6. The lowest BCUT2D eigenvalue weighted by Crippen LogP contribution is -2.63. The average Bonchev–Trinajstić information content (AvgIpc) is 2.76. The third-order valence-electron chi connectivity index (χ3n) is 7.73. The summed E-state index contributed by atoms with van der Waals surface area (Å²) in [7, 11) is 0. The highest BCUT2D eigenvalue weighted by atomic mass is 16.7. The SMILES string of the molecule is OC[C@@H]1O[C@H](OC2CC3C(O)CC(O)CC3[OH+]C2C2CCC(O)C(O)C2)[C@@H](O)[C@H](O)[C@@H]1O. The van der Waals surface area contributed by atoms with Crippen LogP contribution in [-0.4, -0.2) is 126 Å². The molecule has 9 unspecified atom stereocenters. The van der Waals surface area contributed by atoms with Crippen molar-refractivity contribution < 1.29 is 55.1 Å². The molecule has 0 aromatic carbocycles. The van der Waals surface area contributed by atoms with E-state index in [1.807, 2.05) is 0 Å². The van der Waals surface area contributed by atoms with Crippen LogP contribution < -0.4 is 0 Å². The van der Waals surface area contributed by atoms with Crippen LogP contribution in [0, 0.1) is 11.8 Å². The van der Waals surface area contributed by atoms with Gasteiger partial charge in [-0.3, -0.25) is 0 Å². The van der Waals surface area contributed by atoms with E-state index >= 15 is 0 Å². The van der Waals surface area contributed by atoms with Crippen molar-refractivity contribution >= 4 is 0 Å². The zero-order chi connectivity index (χ0) is 23.2. The van der Waals surface area contributed by atoms with E-state index in [1.165, 1.54) is 0 Å². The molecular weight excluding hydrogens is 428 g/mol. The zero-order valence-electron chi connectivity index (χ0n) is 17.9. The lowest BCUT2D eigenvalue weighted by molar-refractivity contribution is -0.356. The Kier molecular flexibility index (Phi) is 7.75. The Morgan fingerprint density at radius 3 is 2.22 bits per heavy atom. The number of aliphatic hydroxyl groups is 10. The van der Waals surface area contributed by atoms with Crippen LogP contribution in [0.15, 0.2) is 0 Å². The van der Waals surface area contributed by atoms with Crippen LogP contribution in [0.4, 0.5) is 0 Å². The normalized spacial score (nSPS) is 54.8. The molecule has 0 spiro atoms. The third-order valence-corrected chi connectivity index (χ3v) is 7.73. The predicted octanol–water partition coefficient (Wildman–Crippen LogP) is -3.51. The van der Waals surface area contributed by atoms with Crippen LogP contribution in [0.5, 0.6) is 0 Å². The minimum Gasteiger partial charge on any atom is -0.427 e. The molecule has 2 saturated heterocycles. The summed E-state index contributed by atoms with van der Waals surface area (Å²) >= 11 is 0. The minimum atomic E-state index is -1.57. The number of fused-ring (bicyclic) bond motifs is 1. The van der Waals surface area contributed by atoms with Gasteiger partial charge in [0.05, 0.1) is 36.9 Å². The first-order chi connectivity index (χ1) is 15.2. The predicted molar refractivity (Wildman–Crippen MR) is 107 cm³/mol. The molecule has 2 heterocycles. The Morgan fingerprint density at radius 1 is 0.781 bits per heavy atom. The Balaban J connectivity index is 1.54. The largest absolute Gasteiger partial charge is 0.427 e. The molecule has 2 aliphatic heterocycles. The van der Waals surface area contributed by atoms with Crippen LogP contribution in [-0.2, 0) is 9.47 Å². The van der Waals surface area contributed by atoms with Crippen molar-refractivity contribution in [3.8, 4) is 0 Å². The van der Waals surface area contributed by atoms with Gasteiger partial charge in [0.2, 0.25) is 0 Å². The number of hydrogen-bond donors (Lipinski definition) is 8. The molecule has 0 radical (unpaired) electrons. The van der Waals surface area contributed by atoms with Crippen molar-refractivity contribution in [3.63, 3.8) is 0 Å². The van der Waals surface area contributed by atoms with Crippen LogP contribution in [0.25, 0.3) is 0 Å². The lowest BCUT2D eigenvalue weighted by atomic mass is 9.72. The Morgan fingerprint density at radius 2 is 1.53 bits per heavy atom. The van der Waals surface area contributed by atoms with Gasteiger partial charge in [0.25, 0.3) is 0 Å². The van der Waals surface area contributed by atoms with E-state index in [1.54, 1.807) is 0 Å². The molecule has 4 aliphatic rings. The molecule has 0 bridgehead atoms. The maximum atomic E-state index is 10.5. The maximum Gasteiger partial charge on any atom is 0.187 e. The van der Waals surface area contributed by atoms with E-state index in [4.69, 9.17) is 14.2 Å². The fraction of sp³-hybridized carbons (Fsp3) is 1.00. The van der Waals surface area contributed by atoms with Gasteiger partial charge in [-0.2, -0.15) is 0 Å². The average molecular weight is 466 g/mol. The molecule has 4 fully saturated rings. The molecule has 11 heteroatoms. The molecule has 2 aliphatic carbocycles. The van der Waals surface area contributed by atoms with E-state index in [0.717, 1.165) is 0 Å². The molecule has 2 saturated carbocycles. The molecule has 0 amide bonds. The van der Waals surface area contributed by atoms with Crippen molar-refractivity contribution in [2.24, 2.45) is 11.8 Å². The molecular formula is C21H37O11+. The van der Waals surface area contributed by atoms with Gasteiger partial charge in [-0.05, 0) is 25.7 Å². The van der Waals surface area contributed by atoms with E-state index in [-0.39, 0.29) is 24.4 Å². The van der Waals surface area contributed by atoms with Gasteiger partial charge in [0.15, 0.2) is 18.5 Å². The van der Waals surface area contributed by atoms with E-state index in [0.29, 0.717) is 32.1 Å². The second-order valence-electron chi connectivity index (χ2n) is 9.88. The fourth-order valence-corrected chi connectivity index (χ4v) is 5.86. The smallest absolute Gasteiger partial charge is 0.187 e. The molecule has 186 valence electrons. The molecule has 0 aromatic heterocycles. The second kappa shape index (κ2) is 10.0.